The van der Waals surface area contributed by atoms with Crippen LogP contribution in [0.1, 0.15) is 45.3 Å². The van der Waals surface area contributed by atoms with Crippen molar-refractivity contribution in [2.24, 2.45) is 10.1 Å². The molecule has 2 aliphatic rings. The average Bonchev–Trinajstić information content (AvgIpc) is 2.78. The minimum atomic E-state index is -0.372. The Balaban J connectivity index is 1.76. The molecular formula is C24H29N5OS. The van der Waals surface area contributed by atoms with E-state index in [1.807, 2.05) is 31.2 Å². The first-order chi connectivity index (χ1) is 15.2. The van der Waals surface area contributed by atoms with E-state index in [1.54, 1.807) is 5.01 Å². The second-order valence-electron chi connectivity index (χ2n) is 7.58. The molecule has 2 aliphatic heterocycles. The highest BCUT2D eigenvalue weighted by Gasteiger charge is 2.34. The highest BCUT2D eigenvalue weighted by atomic mass is 32.2. The van der Waals surface area contributed by atoms with Crippen molar-refractivity contribution in [3.8, 4) is 0 Å². The summed E-state index contributed by atoms with van der Waals surface area (Å²) >= 11 is 1.52. The first kappa shape index (κ1) is 21.4. The maximum absolute atomic E-state index is 13.0. The molecule has 2 heterocycles. The predicted molar refractivity (Wildman–Crippen MR) is 128 cm³/mol. The maximum atomic E-state index is 13.0. The van der Waals surface area contributed by atoms with E-state index < -0.39 is 0 Å². The molecule has 1 amide bonds. The lowest BCUT2D eigenvalue weighted by molar-refractivity contribution is -0.116. The molecule has 0 aromatic heterocycles. The first-order valence-electron chi connectivity index (χ1n) is 11.0. The van der Waals surface area contributed by atoms with Crippen LogP contribution in [0.25, 0.3) is 5.70 Å². The molecule has 0 fully saturated rings. The number of nitrogens with zero attached hydrogens (tertiary/aromatic N) is 4. The van der Waals surface area contributed by atoms with E-state index in [1.165, 1.54) is 17.4 Å². The summed E-state index contributed by atoms with van der Waals surface area (Å²) < 4.78 is 0. The second kappa shape index (κ2) is 9.56. The van der Waals surface area contributed by atoms with E-state index in [9.17, 15) is 4.79 Å². The van der Waals surface area contributed by atoms with Gasteiger partial charge in [-0.2, -0.15) is 0 Å². The summed E-state index contributed by atoms with van der Waals surface area (Å²) in [4.78, 5) is 20.4. The van der Waals surface area contributed by atoms with Gasteiger partial charge in [-0.15, -0.1) is 5.10 Å². The molecule has 0 unspecified atom stereocenters. The van der Waals surface area contributed by atoms with Crippen LogP contribution in [0.3, 0.4) is 0 Å². The molecule has 0 aliphatic carbocycles. The van der Waals surface area contributed by atoms with Crippen molar-refractivity contribution in [1.29, 1.82) is 0 Å². The SMILES string of the molecule is CCCN(CCC)c1ccc([C@@H]2N=c3ccccc3=C3C(=O)NC(SCC)=NN32)cc1. The molecule has 1 N–H and O–H groups in total. The number of benzene rings is 2. The number of thioether (sulfide) groups is 1. The van der Waals surface area contributed by atoms with Gasteiger partial charge in [-0.3, -0.25) is 15.1 Å². The molecule has 0 radical (unpaired) electrons. The minimum absolute atomic E-state index is 0.132. The largest absolute Gasteiger partial charge is 0.372 e. The third-order valence-electron chi connectivity index (χ3n) is 5.34. The Kier molecular flexibility index (Phi) is 6.61. The van der Waals surface area contributed by atoms with Crippen molar-refractivity contribution in [2.45, 2.75) is 39.8 Å². The Morgan fingerprint density at radius 1 is 1.03 bits per heavy atom. The monoisotopic (exact) mass is 435 g/mol. The number of amidine groups is 1. The summed E-state index contributed by atoms with van der Waals surface area (Å²) in [6.45, 7) is 8.54. The number of amides is 1. The lowest BCUT2D eigenvalue weighted by Gasteiger charge is -2.34. The van der Waals surface area contributed by atoms with Gasteiger partial charge in [0.05, 0.1) is 5.36 Å². The number of para-hydroxylation sites is 1. The number of hydrogen-bond acceptors (Lipinski definition) is 6. The van der Waals surface area contributed by atoms with Crippen LogP contribution in [-0.2, 0) is 4.79 Å². The average molecular weight is 436 g/mol. The molecule has 31 heavy (non-hydrogen) atoms. The molecule has 6 nitrogen and oxygen atoms in total. The Hall–Kier alpha value is -2.80. The zero-order chi connectivity index (χ0) is 21.8. The van der Waals surface area contributed by atoms with Gasteiger partial charge < -0.3 is 4.90 Å². The normalized spacial score (nSPS) is 17.3. The van der Waals surface area contributed by atoms with E-state index in [-0.39, 0.29) is 12.1 Å². The van der Waals surface area contributed by atoms with E-state index in [0.29, 0.717) is 10.9 Å². The quantitative estimate of drug-likeness (QED) is 0.726. The van der Waals surface area contributed by atoms with Gasteiger partial charge >= 0.3 is 0 Å². The van der Waals surface area contributed by atoms with Gasteiger partial charge in [0.2, 0.25) is 0 Å². The summed E-state index contributed by atoms with van der Waals surface area (Å²) in [6.07, 6.45) is 1.86. The van der Waals surface area contributed by atoms with Crippen LogP contribution in [0.15, 0.2) is 58.6 Å². The van der Waals surface area contributed by atoms with Crippen molar-refractivity contribution < 1.29 is 4.79 Å². The van der Waals surface area contributed by atoms with E-state index >= 15 is 0 Å². The minimum Gasteiger partial charge on any atom is -0.372 e. The first-order valence-corrected chi connectivity index (χ1v) is 12.0. The van der Waals surface area contributed by atoms with Crippen LogP contribution in [0.4, 0.5) is 5.69 Å². The number of fused-ring (bicyclic) bond motifs is 2. The molecule has 0 saturated heterocycles. The molecule has 1 atom stereocenters. The summed E-state index contributed by atoms with van der Waals surface area (Å²) in [6, 6.07) is 16.3. The number of anilines is 1. The molecule has 2 aromatic rings. The lowest BCUT2D eigenvalue weighted by atomic mass is 10.1. The summed E-state index contributed by atoms with van der Waals surface area (Å²) in [5.41, 5.74) is 2.79. The smallest absolute Gasteiger partial charge is 0.276 e. The van der Waals surface area contributed by atoms with Gasteiger partial charge in [-0.25, -0.2) is 5.01 Å². The molecule has 7 heteroatoms. The van der Waals surface area contributed by atoms with E-state index in [2.05, 4.69) is 48.3 Å². The molecule has 2 aromatic carbocycles. The number of hydrazone groups is 1. The third kappa shape index (κ3) is 4.32. The van der Waals surface area contributed by atoms with Crippen molar-refractivity contribution >= 4 is 34.2 Å². The second-order valence-corrected chi connectivity index (χ2v) is 8.84. The van der Waals surface area contributed by atoms with Gasteiger partial charge in [0.1, 0.15) is 5.70 Å². The van der Waals surface area contributed by atoms with Crippen molar-refractivity contribution in [3.05, 3.63) is 64.7 Å². The number of carbonyl (C=O) groups excluding carboxylic acids is 1. The summed E-state index contributed by atoms with van der Waals surface area (Å²) in [5, 5.41) is 11.7. The topological polar surface area (TPSA) is 60.3 Å². The standard InChI is InChI=1S/C24H29N5OS/c1-4-15-28(16-5-2)18-13-11-17(12-14-18)22-25-20-10-8-7-9-19(20)21-23(30)26-24(31-6-3)27-29(21)22/h7-14,22H,4-6,15-16H2,1-3H3,(H,26,27,30)/t22-/m1/s1. The van der Waals surface area contributed by atoms with Gasteiger partial charge in [0.15, 0.2) is 11.3 Å². The molecule has 162 valence electrons. The lowest BCUT2D eigenvalue weighted by Crippen LogP contribution is -2.50. The fourth-order valence-corrected chi connectivity index (χ4v) is 4.60. The fourth-order valence-electron chi connectivity index (χ4n) is 4.01. The van der Waals surface area contributed by atoms with E-state index in [4.69, 9.17) is 10.1 Å². The molecular weight excluding hydrogens is 406 g/mol. The highest BCUT2D eigenvalue weighted by molar-refractivity contribution is 8.13. The van der Waals surface area contributed by atoms with Crippen LogP contribution in [0.2, 0.25) is 0 Å². The summed E-state index contributed by atoms with van der Waals surface area (Å²) in [7, 11) is 0. The van der Waals surface area contributed by atoms with Crippen LogP contribution in [-0.4, -0.2) is 34.9 Å². The maximum Gasteiger partial charge on any atom is 0.276 e. The zero-order valence-corrected chi connectivity index (χ0v) is 19.2. The predicted octanol–water partition coefficient (Wildman–Crippen LogP) is 3.21. The third-order valence-corrected chi connectivity index (χ3v) is 6.09. The van der Waals surface area contributed by atoms with Gasteiger partial charge in [-0.1, -0.05) is 62.9 Å². The number of rotatable bonds is 7. The van der Waals surface area contributed by atoms with Crippen molar-refractivity contribution in [3.63, 3.8) is 0 Å². The molecule has 4 rings (SSSR count). The number of carbonyl (C=O) groups is 1. The van der Waals surface area contributed by atoms with E-state index in [0.717, 1.165) is 47.8 Å². The van der Waals surface area contributed by atoms with Gasteiger partial charge in [0, 0.05) is 24.0 Å². The van der Waals surface area contributed by atoms with Crippen molar-refractivity contribution in [1.82, 2.24) is 10.3 Å². The van der Waals surface area contributed by atoms with Crippen LogP contribution in [0.5, 0.6) is 0 Å². The highest BCUT2D eigenvalue weighted by Crippen LogP contribution is 2.31. The molecule has 0 saturated carbocycles. The molecule has 0 bridgehead atoms. The summed E-state index contributed by atoms with van der Waals surface area (Å²) in [5.74, 6) is 0.701. The Morgan fingerprint density at radius 3 is 2.42 bits per heavy atom. The Bertz CT molecular complexity index is 1090. The van der Waals surface area contributed by atoms with Crippen LogP contribution >= 0.6 is 11.8 Å². The van der Waals surface area contributed by atoms with Crippen LogP contribution < -0.4 is 20.8 Å². The van der Waals surface area contributed by atoms with Crippen LogP contribution in [0, 0.1) is 0 Å². The fraction of sp³-hybridized carbons (Fsp3) is 0.375. The zero-order valence-electron chi connectivity index (χ0n) is 18.3. The Labute approximate surface area is 187 Å². The van der Waals surface area contributed by atoms with Gasteiger partial charge in [-0.05, 0) is 42.4 Å². The molecule has 0 spiro atoms. The van der Waals surface area contributed by atoms with Gasteiger partial charge in [0.25, 0.3) is 5.91 Å². The number of nitrogens with one attached hydrogen (secondary N) is 1. The van der Waals surface area contributed by atoms with Crippen molar-refractivity contribution in [2.75, 3.05) is 23.7 Å². The Morgan fingerprint density at radius 2 is 1.74 bits per heavy atom. The number of hydrogen-bond donors (Lipinski definition) is 1.